The summed E-state index contributed by atoms with van der Waals surface area (Å²) in [6.45, 7) is 11.5. The minimum atomic E-state index is 0. The molecular weight excluding hydrogens is 237 g/mol. The van der Waals surface area contributed by atoms with Gasteiger partial charge in [0.1, 0.15) is 0 Å². The molecule has 0 N–H and O–H groups in total. The Labute approximate surface area is 115 Å². The van der Waals surface area contributed by atoms with Crippen molar-refractivity contribution in [1.29, 1.82) is 0 Å². The summed E-state index contributed by atoms with van der Waals surface area (Å²) in [5, 5.41) is 0. The third-order valence-electron chi connectivity index (χ3n) is 1.38. The summed E-state index contributed by atoms with van der Waals surface area (Å²) < 4.78 is 0. The van der Waals surface area contributed by atoms with Crippen LogP contribution >= 0.6 is 0 Å². The van der Waals surface area contributed by atoms with Gasteiger partial charge in [0.15, 0.2) is 0 Å². The SMILES string of the molecule is CC.[CH2-]Cc1cccc(C[CH2-])n1.[CH3-].[CH3-].[CH3-].[Mn]. The van der Waals surface area contributed by atoms with Crippen molar-refractivity contribution in [3.8, 4) is 0 Å². The Morgan fingerprint density at radius 2 is 1.25 bits per heavy atom. The van der Waals surface area contributed by atoms with Crippen molar-refractivity contribution >= 4 is 0 Å². The quantitative estimate of drug-likeness (QED) is 0.575. The van der Waals surface area contributed by atoms with Crippen LogP contribution in [0.1, 0.15) is 25.2 Å². The molecule has 1 aromatic rings. The fraction of sp³-hybridized carbons (Fsp3) is 0.286. The van der Waals surface area contributed by atoms with Gasteiger partial charge in [-0.15, -0.1) is 12.8 Å². The summed E-state index contributed by atoms with van der Waals surface area (Å²) in [5.41, 5.74) is 2.09. The Kier molecular flexibility index (Phi) is 37.3. The van der Waals surface area contributed by atoms with Crippen LogP contribution in [-0.2, 0) is 29.9 Å². The number of rotatable bonds is 2. The van der Waals surface area contributed by atoms with E-state index in [1.165, 1.54) is 0 Å². The van der Waals surface area contributed by atoms with E-state index >= 15 is 0 Å². The van der Waals surface area contributed by atoms with E-state index in [1.807, 2.05) is 32.0 Å². The van der Waals surface area contributed by atoms with Gasteiger partial charge < -0.3 is 36.1 Å². The maximum absolute atomic E-state index is 4.28. The van der Waals surface area contributed by atoms with Crippen LogP contribution in [0.15, 0.2) is 18.2 Å². The summed E-state index contributed by atoms with van der Waals surface area (Å²) in [5.74, 6) is 0. The molecule has 0 bridgehead atoms. The van der Waals surface area contributed by atoms with Crippen LogP contribution in [0.2, 0.25) is 0 Å². The normalized spacial score (nSPS) is 6.50. The summed E-state index contributed by atoms with van der Waals surface area (Å²) in [7, 11) is 0. The first-order chi connectivity index (χ1) is 5.86. The molecular formula is C14H26MnN-5. The molecule has 1 heterocycles. The maximum atomic E-state index is 4.28. The van der Waals surface area contributed by atoms with E-state index in [0.29, 0.717) is 0 Å². The van der Waals surface area contributed by atoms with Crippen molar-refractivity contribution < 1.29 is 17.1 Å². The van der Waals surface area contributed by atoms with Crippen LogP contribution in [-0.4, -0.2) is 4.98 Å². The Hall–Kier alpha value is -0.331. The molecule has 1 radical (unpaired) electrons. The fourth-order valence-electron chi connectivity index (χ4n) is 0.808. The van der Waals surface area contributed by atoms with Crippen molar-refractivity contribution in [3.05, 3.63) is 65.7 Å². The van der Waals surface area contributed by atoms with E-state index in [9.17, 15) is 0 Å². The Balaban J connectivity index is -0.0000000637. The van der Waals surface area contributed by atoms with Crippen LogP contribution in [0.4, 0.5) is 0 Å². The summed E-state index contributed by atoms with van der Waals surface area (Å²) in [4.78, 5) is 4.28. The molecule has 16 heavy (non-hydrogen) atoms. The number of nitrogens with zero attached hydrogens (tertiary/aromatic N) is 1. The molecule has 1 rings (SSSR count). The zero-order chi connectivity index (χ0) is 9.40. The Morgan fingerprint density at radius 1 is 0.938 bits per heavy atom. The van der Waals surface area contributed by atoms with E-state index in [-0.39, 0.29) is 39.3 Å². The van der Waals surface area contributed by atoms with Crippen LogP contribution in [0.5, 0.6) is 0 Å². The van der Waals surface area contributed by atoms with E-state index in [2.05, 4.69) is 18.8 Å². The van der Waals surface area contributed by atoms with Crippen molar-refractivity contribution in [1.82, 2.24) is 4.98 Å². The monoisotopic (exact) mass is 263 g/mol. The van der Waals surface area contributed by atoms with Gasteiger partial charge in [0.05, 0.1) is 0 Å². The minimum absolute atomic E-state index is 0. The first kappa shape index (κ1) is 29.6. The van der Waals surface area contributed by atoms with Gasteiger partial charge in [-0.25, -0.2) is 0 Å². The topological polar surface area (TPSA) is 12.9 Å². The molecule has 2 heteroatoms. The van der Waals surface area contributed by atoms with Crippen molar-refractivity contribution in [2.45, 2.75) is 26.7 Å². The number of pyridine rings is 1. The van der Waals surface area contributed by atoms with Gasteiger partial charge in [-0.2, -0.15) is 0 Å². The second kappa shape index (κ2) is 20.1. The van der Waals surface area contributed by atoms with E-state index in [4.69, 9.17) is 0 Å². The van der Waals surface area contributed by atoms with E-state index < -0.39 is 0 Å². The average Bonchev–Trinajstić information content (AvgIpc) is 2.21. The van der Waals surface area contributed by atoms with Crippen LogP contribution in [0.3, 0.4) is 0 Å². The minimum Gasteiger partial charge on any atom is -0.358 e. The first-order valence-corrected chi connectivity index (χ1v) is 4.40. The van der Waals surface area contributed by atoms with Crippen molar-refractivity contribution in [3.63, 3.8) is 0 Å². The molecule has 0 unspecified atom stereocenters. The standard InChI is InChI=1S/C9H11N.C2H6.3CH3.Mn/c1-3-8-6-5-7-9(4-2)10-8;1-2;;;;/h5-7H,1-4H2;1-2H3;3*1H3;/q-2;;3*-1;. The summed E-state index contributed by atoms with van der Waals surface area (Å²) >= 11 is 0. The van der Waals surface area contributed by atoms with Crippen molar-refractivity contribution in [2.24, 2.45) is 0 Å². The van der Waals surface area contributed by atoms with Crippen molar-refractivity contribution in [2.75, 3.05) is 0 Å². The zero-order valence-corrected chi connectivity index (χ0v) is 12.6. The second-order valence-corrected chi connectivity index (χ2v) is 2.12. The molecule has 0 amide bonds. The molecule has 0 aliphatic rings. The molecule has 1 nitrogen and oxygen atoms in total. The molecule has 0 aliphatic carbocycles. The van der Waals surface area contributed by atoms with Gasteiger partial charge in [-0.05, 0) is 12.1 Å². The molecule has 99 valence electrons. The van der Waals surface area contributed by atoms with Gasteiger partial charge in [0.2, 0.25) is 0 Å². The van der Waals surface area contributed by atoms with Gasteiger partial charge in [0.25, 0.3) is 0 Å². The molecule has 0 aromatic carbocycles. The fourth-order valence-corrected chi connectivity index (χ4v) is 0.808. The van der Waals surface area contributed by atoms with Gasteiger partial charge in [-0.1, -0.05) is 19.9 Å². The largest absolute Gasteiger partial charge is 0.358 e. The Morgan fingerprint density at radius 3 is 1.50 bits per heavy atom. The number of hydrogen-bond acceptors (Lipinski definition) is 1. The van der Waals surface area contributed by atoms with Crippen LogP contribution in [0.25, 0.3) is 0 Å². The smallest absolute Gasteiger partial charge is 0.0108 e. The third-order valence-corrected chi connectivity index (χ3v) is 1.38. The van der Waals surface area contributed by atoms with E-state index in [1.54, 1.807) is 0 Å². The maximum Gasteiger partial charge on any atom is 0.0108 e. The van der Waals surface area contributed by atoms with Crippen LogP contribution < -0.4 is 0 Å². The average molecular weight is 263 g/mol. The summed E-state index contributed by atoms with van der Waals surface area (Å²) in [6.07, 6.45) is 1.52. The zero-order valence-electron chi connectivity index (χ0n) is 11.4. The molecule has 0 atom stereocenters. The molecule has 0 aliphatic heterocycles. The number of aromatic nitrogens is 1. The third kappa shape index (κ3) is 11.7. The first-order valence-electron chi connectivity index (χ1n) is 4.40. The number of hydrogen-bond donors (Lipinski definition) is 0. The molecule has 0 spiro atoms. The Bertz CT molecular complexity index is 192. The predicted molar refractivity (Wildman–Crippen MR) is 72.9 cm³/mol. The van der Waals surface area contributed by atoms with Crippen LogP contribution in [0, 0.1) is 36.1 Å². The predicted octanol–water partition coefficient (Wildman–Crippen LogP) is 4.21. The van der Waals surface area contributed by atoms with Gasteiger partial charge in [-0.3, -0.25) is 4.98 Å². The van der Waals surface area contributed by atoms with Gasteiger partial charge >= 0.3 is 0 Å². The second-order valence-electron chi connectivity index (χ2n) is 2.12. The molecule has 0 fully saturated rings. The molecule has 0 saturated carbocycles. The molecule has 0 saturated heterocycles. The van der Waals surface area contributed by atoms with Gasteiger partial charge in [0, 0.05) is 28.5 Å². The molecule has 1 aromatic heterocycles. The van der Waals surface area contributed by atoms with E-state index in [0.717, 1.165) is 24.2 Å². The summed E-state index contributed by atoms with van der Waals surface area (Å²) in [6, 6.07) is 5.95.